The first-order valence-electron chi connectivity index (χ1n) is 9.28. The number of methoxy groups -OCH3 is 1. The molecule has 1 saturated carbocycles. The van der Waals surface area contributed by atoms with Gasteiger partial charge in [-0.05, 0) is 36.3 Å². The van der Waals surface area contributed by atoms with E-state index in [0.29, 0.717) is 19.8 Å². The number of nitrogens with one attached hydrogen (secondary N) is 1. The van der Waals surface area contributed by atoms with Crippen molar-refractivity contribution in [3.05, 3.63) is 35.4 Å². The van der Waals surface area contributed by atoms with Crippen molar-refractivity contribution in [1.29, 1.82) is 0 Å². The first kappa shape index (κ1) is 19.9. The largest absolute Gasteiger partial charge is 0.382 e. The summed E-state index contributed by atoms with van der Waals surface area (Å²) < 4.78 is 10.4. The zero-order chi connectivity index (χ0) is 18.5. The lowest BCUT2D eigenvalue weighted by atomic mass is 9.64. The van der Waals surface area contributed by atoms with E-state index in [1.165, 1.54) is 17.5 Å². The number of rotatable bonds is 8. The molecule has 1 aromatic carbocycles. The van der Waals surface area contributed by atoms with Crippen LogP contribution in [0.5, 0.6) is 0 Å². The molecule has 1 N–H and O–H groups in total. The van der Waals surface area contributed by atoms with Crippen molar-refractivity contribution in [1.82, 2.24) is 5.32 Å². The van der Waals surface area contributed by atoms with E-state index in [1.807, 2.05) is 0 Å². The Balaban J connectivity index is 1.95. The van der Waals surface area contributed by atoms with Gasteiger partial charge in [-0.25, -0.2) is 0 Å². The van der Waals surface area contributed by atoms with Gasteiger partial charge in [0.25, 0.3) is 0 Å². The standard InChI is InChI=1S/C21H33NO3/c1-16(25-14-13-24-5)19(23)22-15-21(11-6-12-21)18-9-7-17(8-10-18)20(2,3)4/h7-10,16H,6,11-15H2,1-5H3,(H,22,23). The van der Waals surface area contributed by atoms with Crippen LogP contribution in [0.1, 0.15) is 58.1 Å². The third kappa shape index (κ3) is 5.05. The van der Waals surface area contributed by atoms with Crippen LogP contribution in [0.3, 0.4) is 0 Å². The maximum Gasteiger partial charge on any atom is 0.248 e. The third-order valence-electron chi connectivity index (χ3n) is 5.30. The van der Waals surface area contributed by atoms with Crippen molar-refractivity contribution in [2.45, 2.75) is 63.9 Å². The molecule has 4 nitrogen and oxygen atoms in total. The third-order valence-corrected chi connectivity index (χ3v) is 5.30. The highest BCUT2D eigenvalue weighted by Crippen LogP contribution is 2.43. The number of ether oxygens (including phenoxy) is 2. The minimum Gasteiger partial charge on any atom is -0.382 e. The Morgan fingerprint density at radius 3 is 2.32 bits per heavy atom. The summed E-state index contributed by atoms with van der Waals surface area (Å²) in [5.41, 5.74) is 2.92. The zero-order valence-corrected chi connectivity index (χ0v) is 16.4. The SMILES string of the molecule is COCCOC(C)C(=O)NCC1(c2ccc(C(C)(C)C)cc2)CCC1. The Labute approximate surface area is 152 Å². The molecule has 0 bridgehead atoms. The van der Waals surface area contributed by atoms with Crippen molar-refractivity contribution >= 4 is 5.91 Å². The number of amides is 1. The summed E-state index contributed by atoms with van der Waals surface area (Å²) in [6.07, 6.45) is 3.02. The molecule has 1 aliphatic rings. The van der Waals surface area contributed by atoms with Crippen molar-refractivity contribution in [3.8, 4) is 0 Å². The van der Waals surface area contributed by atoms with E-state index in [-0.39, 0.29) is 16.7 Å². The maximum absolute atomic E-state index is 12.3. The van der Waals surface area contributed by atoms with Crippen molar-refractivity contribution in [3.63, 3.8) is 0 Å². The lowest BCUT2D eigenvalue weighted by Crippen LogP contribution is -2.48. The Kier molecular flexibility index (Phi) is 6.64. The van der Waals surface area contributed by atoms with Crippen LogP contribution in [0.25, 0.3) is 0 Å². The molecule has 25 heavy (non-hydrogen) atoms. The highest BCUT2D eigenvalue weighted by atomic mass is 16.5. The Bertz CT molecular complexity index is 555. The van der Waals surface area contributed by atoms with Gasteiger partial charge < -0.3 is 14.8 Å². The zero-order valence-electron chi connectivity index (χ0n) is 16.4. The van der Waals surface area contributed by atoms with Crippen molar-refractivity contribution < 1.29 is 14.3 Å². The number of benzene rings is 1. The van der Waals surface area contributed by atoms with Crippen LogP contribution in [-0.4, -0.2) is 38.9 Å². The van der Waals surface area contributed by atoms with E-state index in [4.69, 9.17) is 9.47 Å². The highest BCUT2D eigenvalue weighted by Gasteiger charge is 2.39. The smallest absolute Gasteiger partial charge is 0.248 e. The molecule has 140 valence electrons. The first-order valence-corrected chi connectivity index (χ1v) is 9.28. The summed E-state index contributed by atoms with van der Waals surface area (Å²) in [4.78, 5) is 12.3. The van der Waals surface area contributed by atoms with Crippen LogP contribution >= 0.6 is 0 Å². The lowest BCUT2D eigenvalue weighted by molar-refractivity contribution is -0.132. The van der Waals surface area contributed by atoms with Crippen LogP contribution < -0.4 is 5.32 Å². The predicted octanol–water partition coefficient (Wildman–Crippen LogP) is 3.57. The van der Waals surface area contributed by atoms with E-state index in [9.17, 15) is 4.79 Å². The van der Waals surface area contributed by atoms with Gasteiger partial charge in [-0.15, -0.1) is 0 Å². The predicted molar refractivity (Wildman–Crippen MR) is 101 cm³/mol. The lowest BCUT2D eigenvalue weighted by Gasteiger charge is -2.43. The van der Waals surface area contributed by atoms with Gasteiger partial charge in [0.05, 0.1) is 13.2 Å². The van der Waals surface area contributed by atoms with Crippen molar-refractivity contribution in [2.75, 3.05) is 26.9 Å². The monoisotopic (exact) mass is 347 g/mol. The average molecular weight is 347 g/mol. The fourth-order valence-electron chi connectivity index (χ4n) is 3.28. The summed E-state index contributed by atoms with van der Waals surface area (Å²) in [5.74, 6) is -0.0475. The summed E-state index contributed by atoms with van der Waals surface area (Å²) in [5, 5.41) is 3.09. The summed E-state index contributed by atoms with van der Waals surface area (Å²) in [6, 6.07) is 8.94. The average Bonchev–Trinajstić information content (AvgIpc) is 2.53. The minimum absolute atomic E-state index is 0.0475. The van der Waals surface area contributed by atoms with Crippen LogP contribution in [0.15, 0.2) is 24.3 Å². The summed E-state index contributed by atoms with van der Waals surface area (Å²) in [6.45, 7) is 10.1. The van der Waals surface area contributed by atoms with Gasteiger partial charge in [-0.2, -0.15) is 0 Å². The highest BCUT2D eigenvalue weighted by molar-refractivity contribution is 5.80. The molecule has 1 aromatic rings. The van der Waals surface area contributed by atoms with Gasteiger partial charge in [0, 0.05) is 19.1 Å². The molecule has 4 heteroatoms. The van der Waals surface area contributed by atoms with Crippen LogP contribution in [-0.2, 0) is 25.1 Å². The molecule has 0 spiro atoms. The molecule has 1 amide bonds. The second-order valence-corrected chi connectivity index (χ2v) is 8.18. The molecule has 0 aromatic heterocycles. The number of hydrogen-bond donors (Lipinski definition) is 1. The van der Waals surface area contributed by atoms with Gasteiger partial charge in [-0.1, -0.05) is 51.5 Å². The normalized spacial score (nSPS) is 17.6. The second-order valence-electron chi connectivity index (χ2n) is 8.18. The molecule has 1 aliphatic carbocycles. The number of hydrogen-bond acceptors (Lipinski definition) is 3. The van der Waals surface area contributed by atoms with Crippen LogP contribution in [0.2, 0.25) is 0 Å². The van der Waals surface area contributed by atoms with Crippen molar-refractivity contribution in [2.24, 2.45) is 0 Å². The van der Waals surface area contributed by atoms with Gasteiger partial charge in [0.1, 0.15) is 6.10 Å². The van der Waals surface area contributed by atoms with E-state index >= 15 is 0 Å². The molecule has 1 fully saturated rings. The van der Waals surface area contributed by atoms with Gasteiger partial charge in [0.2, 0.25) is 5.91 Å². The minimum atomic E-state index is -0.449. The van der Waals surface area contributed by atoms with Crippen LogP contribution in [0, 0.1) is 0 Å². The van der Waals surface area contributed by atoms with E-state index in [0.717, 1.165) is 12.8 Å². The fourth-order valence-corrected chi connectivity index (χ4v) is 3.28. The Hall–Kier alpha value is -1.39. The first-order chi connectivity index (χ1) is 11.8. The van der Waals surface area contributed by atoms with E-state index < -0.39 is 6.10 Å². The molecular formula is C21H33NO3. The van der Waals surface area contributed by atoms with E-state index in [1.54, 1.807) is 14.0 Å². The maximum atomic E-state index is 12.3. The van der Waals surface area contributed by atoms with E-state index in [2.05, 4.69) is 50.4 Å². The van der Waals surface area contributed by atoms with Gasteiger partial charge >= 0.3 is 0 Å². The molecule has 1 atom stereocenters. The molecular weight excluding hydrogens is 314 g/mol. The van der Waals surface area contributed by atoms with Crippen LogP contribution in [0.4, 0.5) is 0 Å². The molecule has 0 aliphatic heterocycles. The number of carbonyl (C=O) groups is 1. The fraction of sp³-hybridized carbons (Fsp3) is 0.667. The van der Waals surface area contributed by atoms with Gasteiger partial charge in [-0.3, -0.25) is 4.79 Å². The second kappa shape index (κ2) is 8.33. The van der Waals surface area contributed by atoms with Gasteiger partial charge in [0.15, 0.2) is 0 Å². The Morgan fingerprint density at radius 1 is 1.20 bits per heavy atom. The Morgan fingerprint density at radius 2 is 1.84 bits per heavy atom. The quantitative estimate of drug-likeness (QED) is 0.731. The molecule has 1 unspecified atom stereocenters. The molecule has 2 rings (SSSR count). The number of carbonyl (C=O) groups excluding carboxylic acids is 1. The molecule has 0 radical (unpaired) electrons. The summed E-state index contributed by atoms with van der Waals surface area (Å²) in [7, 11) is 1.62. The summed E-state index contributed by atoms with van der Waals surface area (Å²) >= 11 is 0. The molecule has 0 saturated heterocycles. The topological polar surface area (TPSA) is 47.6 Å². The molecule has 0 heterocycles.